The second-order valence-corrected chi connectivity index (χ2v) is 26.4. The van der Waals surface area contributed by atoms with Gasteiger partial charge in [0.15, 0.2) is 16.7 Å². The van der Waals surface area contributed by atoms with Gasteiger partial charge in [-0.3, -0.25) is 4.79 Å². The molecule has 1 N–H and O–H groups in total. The van der Waals surface area contributed by atoms with E-state index in [1.165, 1.54) is 0 Å². The van der Waals surface area contributed by atoms with Crippen molar-refractivity contribution in [3.8, 4) is 0 Å². The average molecular weight is 908 g/mol. The molecule has 61 heavy (non-hydrogen) atoms. The largest absolute Gasteiger partial charge is 0.408 e. The zero-order valence-electron chi connectivity index (χ0n) is 39.5. The minimum Gasteiger partial charge on any atom is -0.408 e. The van der Waals surface area contributed by atoms with E-state index >= 15 is 0 Å². The van der Waals surface area contributed by atoms with Crippen molar-refractivity contribution >= 4 is 22.5 Å². The lowest BCUT2D eigenvalue weighted by atomic mass is 9.87. The molecule has 0 aliphatic carbocycles. The Balaban J connectivity index is 0.000000810. The van der Waals surface area contributed by atoms with Gasteiger partial charge in [-0.05, 0) is 56.7 Å². The van der Waals surface area contributed by atoms with E-state index in [9.17, 15) is 9.90 Å². The molecule has 6 aliphatic rings. The Morgan fingerprint density at radius 2 is 1.11 bits per heavy atom. The standard InChI is InChI=1S/C15H30O3Si.C13H22NO4P.C9H16O3.C7H14O.3CH4/c1-10(2)15-9-16-12(11(3)17-15)13(15)18-19(7,8)14(4,5)6;1-9(2)13-8-15-11(10(3)17-13)12(13)18-19(5)16-7-6-14-4;1-5(2)9-4-11-7(8(9)10)6(3)12-9;1-5(2)7(8)6(3)4;;;/h10-13H,9H2,1-8H3;9-12H,6-8H2,1-3,5H3;5-8,10H,4H2,1-3H3;5-6H,1-4H3;3*1H4/t11-,12-,13+,15+;10-,11-,12-,13+,19?;6-,7-,8-,9+;;;;/m000..../s1. The highest BCUT2D eigenvalue weighted by Crippen LogP contribution is 2.52. The number of aliphatic hydroxyl groups is 1. The summed E-state index contributed by atoms with van der Waals surface area (Å²) in [6.45, 7) is 49.4. The van der Waals surface area contributed by atoms with Gasteiger partial charge >= 0.3 is 0 Å². The second-order valence-electron chi connectivity index (χ2n) is 20.3. The first-order valence-corrected chi connectivity index (χ1v) is 26.3. The summed E-state index contributed by atoms with van der Waals surface area (Å²) in [4.78, 5) is 14.1. The minimum absolute atomic E-state index is 0. The number of nitrogens with zero attached hydrogens (tertiary/aromatic N) is 1. The van der Waals surface area contributed by atoms with Crippen molar-refractivity contribution in [2.75, 3.05) is 39.6 Å². The zero-order valence-corrected chi connectivity index (χ0v) is 41.4. The number of aliphatic hydroxyl groups excluding tert-OH is 1. The summed E-state index contributed by atoms with van der Waals surface area (Å²) >= 11 is 0. The van der Waals surface area contributed by atoms with E-state index in [1.54, 1.807) is 0 Å². The van der Waals surface area contributed by atoms with E-state index in [4.69, 9.17) is 48.5 Å². The molecule has 6 bridgehead atoms. The smallest absolute Gasteiger partial charge is 0.238 e. The first-order valence-electron chi connectivity index (χ1n) is 21.8. The molecule has 6 rings (SSSR count). The Morgan fingerprint density at radius 1 is 0.738 bits per heavy atom. The fourth-order valence-electron chi connectivity index (χ4n) is 8.52. The first kappa shape index (κ1) is 60.4. The molecule has 6 aliphatic heterocycles. The molecule has 362 valence electrons. The third-order valence-electron chi connectivity index (χ3n) is 13.5. The van der Waals surface area contributed by atoms with Crippen LogP contribution in [0.3, 0.4) is 0 Å². The second kappa shape index (κ2) is 23.7. The number of carbonyl (C=O) groups excluding carboxylic acids is 1. The van der Waals surface area contributed by atoms with Crippen LogP contribution in [0.2, 0.25) is 18.1 Å². The molecule has 13 atom stereocenters. The number of ether oxygens (including phenoxy) is 6. The van der Waals surface area contributed by atoms with E-state index in [-0.39, 0.29) is 99.2 Å². The summed E-state index contributed by atoms with van der Waals surface area (Å²) in [5.74, 6) is 1.81. The van der Waals surface area contributed by atoms with Gasteiger partial charge in [-0.15, -0.1) is 0 Å². The first-order chi connectivity index (χ1) is 26.7. The lowest BCUT2D eigenvalue weighted by molar-refractivity contribution is -0.157. The van der Waals surface area contributed by atoms with Gasteiger partial charge in [0.1, 0.15) is 65.8 Å². The van der Waals surface area contributed by atoms with Crippen molar-refractivity contribution in [1.82, 2.24) is 0 Å². The molecule has 12 nitrogen and oxygen atoms in total. The van der Waals surface area contributed by atoms with Crippen molar-refractivity contribution in [3.63, 3.8) is 0 Å². The fourth-order valence-corrected chi connectivity index (χ4v) is 10.9. The predicted octanol–water partition coefficient (Wildman–Crippen LogP) is 10.4. The predicted molar refractivity (Wildman–Crippen MR) is 252 cm³/mol. The topological polar surface area (TPSA) is 125 Å². The van der Waals surface area contributed by atoms with Crippen molar-refractivity contribution in [2.24, 2.45) is 29.6 Å². The Bertz CT molecular complexity index is 1360. The molecule has 0 amide bonds. The maximum Gasteiger partial charge on any atom is 0.238 e. The molecule has 0 radical (unpaired) electrons. The fraction of sp³-hybridized carbons (Fsp3) is 0.957. The molecule has 0 aromatic rings. The van der Waals surface area contributed by atoms with E-state index in [2.05, 4.69) is 87.2 Å². The minimum atomic E-state index is -1.80. The number of Topliss-reactive ketones (excluding diaryl/α,β-unsaturated/α-hetero) is 1. The number of fused-ring (bicyclic) bond motifs is 6. The summed E-state index contributed by atoms with van der Waals surface area (Å²) in [5, 5.41) is 10.1. The van der Waals surface area contributed by atoms with Crippen LogP contribution in [-0.2, 0) is 46.7 Å². The molecular formula is C47H94NO11PSi. The van der Waals surface area contributed by atoms with Crippen LogP contribution >= 0.6 is 8.38 Å². The van der Waals surface area contributed by atoms with Gasteiger partial charge < -0.3 is 51.8 Å². The highest BCUT2D eigenvalue weighted by atomic mass is 31.2. The van der Waals surface area contributed by atoms with Crippen LogP contribution < -0.4 is 0 Å². The van der Waals surface area contributed by atoms with Gasteiger partial charge in [0, 0.05) is 18.5 Å². The summed E-state index contributed by atoms with van der Waals surface area (Å²) in [6, 6.07) is 0. The number of carbonyl (C=O) groups is 1. The van der Waals surface area contributed by atoms with E-state index in [0.29, 0.717) is 56.5 Å². The lowest BCUT2D eigenvalue weighted by Gasteiger charge is -2.42. The molecule has 0 aromatic heterocycles. The Morgan fingerprint density at radius 3 is 1.43 bits per heavy atom. The van der Waals surface area contributed by atoms with Crippen LogP contribution in [0.5, 0.6) is 0 Å². The number of hydrogen-bond donors (Lipinski definition) is 1. The average Bonchev–Trinajstić information content (AvgIpc) is 3.92. The molecular weight excluding hydrogens is 814 g/mol. The van der Waals surface area contributed by atoms with Gasteiger partial charge in [0.05, 0.1) is 38.1 Å². The number of ketones is 1. The van der Waals surface area contributed by atoms with E-state index in [1.807, 2.05) is 48.2 Å². The lowest BCUT2D eigenvalue weighted by Crippen LogP contribution is -2.53. The maximum atomic E-state index is 10.8. The number of rotatable bonds is 12. The van der Waals surface area contributed by atoms with Crippen LogP contribution in [0.1, 0.15) is 133 Å². The SMILES string of the molecule is C.C.C.CC(C)C(=O)C(C)C.CC(C)[C@@]12CO[C@@H]([C@H](C)O1)[C@@H]2O.CC(C)[C@@]12CO[C@@H]([C@H](C)O1)[C@H]2O[Si](C)(C)C(C)(C)C.[C-]#[N+]CCOP(C)O[C@H]1[C@H]2OC[C@]1(C(C)C)O[C@H]2C. The van der Waals surface area contributed by atoms with Crippen LogP contribution in [0, 0.1) is 36.2 Å². The van der Waals surface area contributed by atoms with E-state index in [0.717, 1.165) is 0 Å². The van der Waals surface area contributed by atoms with Gasteiger partial charge in [-0.25, -0.2) is 6.57 Å². The van der Waals surface area contributed by atoms with Crippen molar-refractivity contribution in [3.05, 3.63) is 11.4 Å². The monoisotopic (exact) mass is 908 g/mol. The molecule has 6 heterocycles. The van der Waals surface area contributed by atoms with Crippen LogP contribution in [0.25, 0.3) is 4.85 Å². The van der Waals surface area contributed by atoms with Crippen molar-refractivity contribution in [2.45, 2.75) is 223 Å². The van der Waals surface area contributed by atoms with Gasteiger partial charge in [0.2, 0.25) is 6.54 Å². The van der Waals surface area contributed by atoms with Gasteiger partial charge in [-0.2, -0.15) is 0 Å². The molecule has 6 fully saturated rings. The van der Waals surface area contributed by atoms with Gasteiger partial charge in [0.25, 0.3) is 0 Å². The molecule has 1 unspecified atom stereocenters. The summed E-state index contributed by atoms with van der Waals surface area (Å²) in [7, 11) is -2.79. The van der Waals surface area contributed by atoms with Crippen LogP contribution in [0.4, 0.5) is 0 Å². The molecule has 6 saturated heterocycles. The van der Waals surface area contributed by atoms with Crippen molar-refractivity contribution in [1.29, 1.82) is 0 Å². The Labute approximate surface area is 376 Å². The highest BCUT2D eigenvalue weighted by molar-refractivity contribution is 7.46. The third kappa shape index (κ3) is 12.9. The van der Waals surface area contributed by atoms with Crippen LogP contribution in [-0.4, -0.2) is 131 Å². The summed E-state index contributed by atoms with van der Waals surface area (Å²) in [6.07, 6.45) is -0.155. The quantitative estimate of drug-likeness (QED) is 0.0871. The summed E-state index contributed by atoms with van der Waals surface area (Å²) < 4.78 is 53.7. The third-order valence-corrected chi connectivity index (χ3v) is 19.0. The normalized spacial score (nSPS) is 36.0. The number of hydrogen-bond acceptors (Lipinski definition) is 11. The van der Waals surface area contributed by atoms with Gasteiger partial charge in [-0.1, -0.05) is 112 Å². The Kier molecular flexibility index (Phi) is 23.5. The Hall–Kier alpha value is -0.593. The summed E-state index contributed by atoms with van der Waals surface area (Å²) in [5.41, 5.74) is -1.01. The van der Waals surface area contributed by atoms with E-state index < -0.39 is 28.4 Å². The molecule has 0 spiro atoms. The molecule has 0 saturated carbocycles. The van der Waals surface area contributed by atoms with Crippen LogP contribution in [0.15, 0.2) is 0 Å². The highest BCUT2D eigenvalue weighted by Gasteiger charge is 2.65. The zero-order chi connectivity index (χ0) is 44.3. The van der Waals surface area contributed by atoms with Crippen molar-refractivity contribution < 1.29 is 51.8 Å². The molecule has 0 aromatic carbocycles. The maximum absolute atomic E-state index is 10.8. The molecule has 14 heteroatoms.